The summed E-state index contributed by atoms with van der Waals surface area (Å²) in [5.41, 5.74) is 10.7. The number of para-hydroxylation sites is 1. The van der Waals surface area contributed by atoms with Crippen LogP contribution in [0.15, 0.2) is 47.6 Å². The number of nitrogens with two attached hydrogens (primary N) is 1. The van der Waals surface area contributed by atoms with Crippen molar-refractivity contribution in [2.24, 2.45) is 10.8 Å². The molecule has 6 heteroatoms. The Morgan fingerprint density at radius 3 is 2.74 bits per heavy atom. The molecule has 2 rings (SSSR count). The molecule has 0 saturated heterocycles. The normalized spacial score (nSPS) is 10.5. The quantitative estimate of drug-likeness (QED) is 0.484. The zero-order valence-electron chi connectivity index (χ0n) is 13.1. The number of hydrazone groups is 1. The van der Waals surface area contributed by atoms with E-state index in [2.05, 4.69) is 10.5 Å². The zero-order chi connectivity index (χ0) is 16.7. The van der Waals surface area contributed by atoms with E-state index in [4.69, 9.17) is 27.4 Å². The van der Waals surface area contributed by atoms with Gasteiger partial charge in [0.05, 0.1) is 13.3 Å². The van der Waals surface area contributed by atoms with Crippen LogP contribution in [0.5, 0.6) is 11.5 Å². The van der Waals surface area contributed by atoms with Crippen LogP contribution in [0.25, 0.3) is 0 Å². The lowest BCUT2D eigenvalue weighted by atomic mass is 10.1. The van der Waals surface area contributed by atoms with Crippen LogP contribution in [-0.2, 0) is 6.61 Å². The van der Waals surface area contributed by atoms with E-state index >= 15 is 0 Å². The van der Waals surface area contributed by atoms with Crippen LogP contribution >= 0.6 is 12.2 Å². The summed E-state index contributed by atoms with van der Waals surface area (Å²) < 4.78 is 11.3. The monoisotopic (exact) mass is 329 g/mol. The molecular weight excluding hydrogens is 310 g/mol. The first-order valence-corrected chi connectivity index (χ1v) is 7.45. The van der Waals surface area contributed by atoms with Gasteiger partial charge in [-0.2, -0.15) is 5.10 Å². The van der Waals surface area contributed by atoms with E-state index < -0.39 is 0 Å². The summed E-state index contributed by atoms with van der Waals surface area (Å²) >= 11 is 4.70. The molecule has 0 aliphatic carbocycles. The van der Waals surface area contributed by atoms with E-state index in [9.17, 15) is 0 Å². The molecule has 2 aromatic carbocycles. The average Bonchev–Trinajstić information content (AvgIpc) is 2.54. The second-order valence-corrected chi connectivity index (χ2v) is 5.30. The largest absolute Gasteiger partial charge is 0.496 e. The van der Waals surface area contributed by atoms with Gasteiger partial charge in [-0.05, 0) is 54.5 Å². The van der Waals surface area contributed by atoms with Gasteiger partial charge in [0.2, 0.25) is 0 Å². The summed E-state index contributed by atoms with van der Waals surface area (Å²) in [6.07, 6.45) is 1.63. The molecular formula is C17H19N3O2S. The Kier molecular flexibility index (Phi) is 5.94. The number of rotatable bonds is 6. The third kappa shape index (κ3) is 4.96. The Labute approximate surface area is 141 Å². The van der Waals surface area contributed by atoms with Gasteiger partial charge in [-0.3, -0.25) is 5.43 Å². The van der Waals surface area contributed by atoms with Gasteiger partial charge in [-0.1, -0.05) is 18.2 Å². The molecule has 0 amide bonds. The first-order valence-electron chi connectivity index (χ1n) is 7.04. The summed E-state index contributed by atoms with van der Waals surface area (Å²) in [5.74, 6) is 1.61. The Morgan fingerprint density at radius 2 is 2.04 bits per heavy atom. The molecule has 0 atom stereocenters. The van der Waals surface area contributed by atoms with Crippen LogP contribution in [0.3, 0.4) is 0 Å². The van der Waals surface area contributed by atoms with Crippen molar-refractivity contribution in [2.45, 2.75) is 13.5 Å². The first-order chi connectivity index (χ1) is 11.1. The minimum Gasteiger partial charge on any atom is -0.496 e. The summed E-state index contributed by atoms with van der Waals surface area (Å²) in [7, 11) is 1.63. The second-order valence-electron chi connectivity index (χ2n) is 4.86. The standard InChI is InChI=1S/C17H19N3O2S/c1-12-5-3-4-6-15(12)22-11-14-9-13(7-8-16(14)21-2)10-19-20-17(18)23/h3-10H,11H2,1-2H3,(H3,18,20,23). The lowest BCUT2D eigenvalue weighted by Crippen LogP contribution is -2.24. The highest BCUT2D eigenvalue weighted by atomic mass is 32.1. The maximum atomic E-state index is 5.88. The van der Waals surface area contributed by atoms with Gasteiger partial charge < -0.3 is 15.2 Å². The van der Waals surface area contributed by atoms with Crippen LogP contribution in [0.1, 0.15) is 16.7 Å². The molecule has 0 fully saturated rings. The van der Waals surface area contributed by atoms with E-state index in [1.165, 1.54) is 0 Å². The molecule has 0 radical (unpaired) electrons. The average molecular weight is 329 g/mol. The zero-order valence-corrected chi connectivity index (χ0v) is 13.9. The number of nitrogens with one attached hydrogen (secondary N) is 1. The lowest BCUT2D eigenvalue weighted by Gasteiger charge is -2.12. The van der Waals surface area contributed by atoms with Gasteiger partial charge in [-0.25, -0.2) is 0 Å². The number of nitrogens with zero attached hydrogens (tertiary/aromatic N) is 1. The number of benzene rings is 2. The molecule has 0 spiro atoms. The molecule has 0 unspecified atom stereocenters. The molecule has 2 aromatic rings. The van der Waals surface area contributed by atoms with Crippen molar-refractivity contribution in [1.29, 1.82) is 0 Å². The Bertz CT molecular complexity index is 717. The summed E-state index contributed by atoms with van der Waals surface area (Å²) in [6, 6.07) is 13.6. The second kappa shape index (κ2) is 8.14. The Hall–Kier alpha value is -2.60. The fraction of sp³-hybridized carbons (Fsp3) is 0.176. The molecule has 0 aliphatic rings. The molecule has 0 heterocycles. The summed E-state index contributed by atoms with van der Waals surface area (Å²) in [6.45, 7) is 2.41. The van der Waals surface area contributed by atoms with Gasteiger partial charge in [0, 0.05) is 5.56 Å². The van der Waals surface area contributed by atoms with E-state index in [-0.39, 0.29) is 5.11 Å². The predicted octanol–water partition coefficient (Wildman–Crippen LogP) is 2.75. The fourth-order valence-corrected chi connectivity index (χ4v) is 2.09. The SMILES string of the molecule is COc1ccc(C=NNC(N)=S)cc1COc1ccccc1C. The number of hydrogen-bond acceptors (Lipinski definition) is 4. The van der Waals surface area contributed by atoms with E-state index in [0.717, 1.165) is 28.2 Å². The van der Waals surface area contributed by atoms with Crippen molar-refractivity contribution in [3.8, 4) is 11.5 Å². The van der Waals surface area contributed by atoms with Crippen LogP contribution in [-0.4, -0.2) is 18.4 Å². The minimum absolute atomic E-state index is 0.123. The van der Waals surface area contributed by atoms with Crippen molar-refractivity contribution < 1.29 is 9.47 Å². The maximum Gasteiger partial charge on any atom is 0.184 e. The van der Waals surface area contributed by atoms with E-state index in [0.29, 0.717) is 6.61 Å². The van der Waals surface area contributed by atoms with Gasteiger partial charge in [0.1, 0.15) is 18.1 Å². The summed E-state index contributed by atoms with van der Waals surface area (Å²) in [4.78, 5) is 0. The first kappa shape index (κ1) is 16.8. The van der Waals surface area contributed by atoms with E-state index in [1.807, 2.05) is 49.4 Å². The number of thiocarbonyl (C=S) groups is 1. The molecule has 120 valence electrons. The molecule has 0 aliphatic heterocycles. The summed E-state index contributed by atoms with van der Waals surface area (Å²) in [5, 5.41) is 4.07. The third-order valence-corrected chi connectivity index (χ3v) is 3.26. The fourth-order valence-electron chi connectivity index (χ4n) is 2.04. The van der Waals surface area contributed by atoms with Gasteiger partial charge in [0.25, 0.3) is 0 Å². The van der Waals surface area contributed by atoms with Crippen molar-refractivity contribution in [2.75, 3.05) is 7.11 Å². The van der Waals surface area contributed by atoms with Crippen LogP contribution < -0.4 is 20.6 Å². The number of aryl methyl sites for hydroxylation is 1. The molecule has 0 saturated carbocycles. The number of methoxy groups -OCH3 is 1. The molecule has 5 nitrogen and oxygen atoms in total. The van der Waals surface area contributed by atoms with Crippen LogP contribution in [0.2, 0.25) is 0 Å². The highest BCUT2D eigenvalue weighted by Gasteiger charge is 2.06. The highest BCUT2D eigenvalue weighted by Crippen LogP contribution is 2.23. The predicted molar refractivity (Wildman–Crippen MR) is 96.0 cm³/mol. The molecule has 0 aromatic heterocycles. The minimum atomic E-state index is 0.123. The maximum absolute atomic E-state index is 5.88. The topological polar surface area (TPSA) is 68.9 Å². The molecule has 23 heavy (non-hydrogen) atoms. The highest BCUT2D eigenvalue weighted by molar-refractivity contribution is 7.80. The lowest BCUT2D eigenvalue weighted by molar-refractivity contribution is 0.295. The van der Waals surface area contributed by atoms with Crippen LogP contribution in [0, 0.1) is 6.92 Å². The third-order valence-electron chi connectivity index (χ3n) is 3.17. The smallest absolute Gasteiger partial charge is 0.184 e. The van der Waals surface area contributed by atoms with Crippen molar-refractivity contribution in [1.82, 2.24) is 5.43 Å². The van der Waals surface area contributed by atoms with Crippen molar-refractivity contribution in [3.63, 3.8) is 0 Å². The Balaban J connectivity index is 2.14. The van der Waals surface area contributed by atoms with Gasteiger partial charge in [-0.15, -0.1) is 0 Å². The van der Waals surface area contributed by atoms with Gasteiger partial charge in [0.15, 0.2) is 5.11 Å². The number of hydrogen-bond donors (Lipinski definition) is 2. The number of ether oxygens (including phenoxy) is 2. The van der Waals surface area contributed by atoms with Gasteiger partial charge >= 0.3 is 0 Å². The van der Waals surface area contributed by atoms with Crippen molar-refractivity contribution >= 4 is 23.5 Å². The van der Waals surface area contributed by atoms with Crippen molar-refractivity contribution in [3.05, 3.63) is 59.2 Å². The van der Waals surface area contributed by atoms with Crippen LogP contribution in [0.4, 0.5) is 0 Å². The molecule has 3 N–H and O–H groups in total. The van der Waals surface area contributed by atoms with E-state index in [1.54, 1.807) is 13.3 Å². The Morgan fingerprint density at radius 1 is 1.26 bits per heavy atom. The molecule has 0 bridgehead atoms.